The molecule has 2 aliphatic carbocycles. The second-order valence-corrected chi connectivity index (χ2v) is 6.10. The maximum Gasteiger partial charge on any atom is 0.194 e. The van der Waals surface area contributed by atoms with Gasteiger partial charge in [-0.2, -0.15) is 0 Å². The van der Waals surface area contributed by atoms with Crippen molar-refractivity contribution in [2.45, 2.75) is 57.9 Å². The minimum absolute atomic E-state index is 0. The second-order valence-electron chi connectivity index (χ2n) is 6.10. The Bertz CT molecular complexity index is 306. The van der Waals surface area contributed by atoms with E-state index in [0.29, 0.717) is 5.41 Å². The molecule has 0 atom stereocenters. The van der Waals surface area contributed by atoms with Gasteiger partial charge in [0, 0.05) is 25.7 Å². The number of likely N-dealkylation sites (tertiary alicyclic amines) is 1. The van der Waals surface area contributed by atoms with Gasteiger partial charge in [0.1, 0.15) is 0 Å². The van der Waals surface area contributed by atoms with Crippen LogP contribution in [0.25, 0.3) is 0 Å². The van der Waals surface area contributed by atoms with E-state index in [1.54, 1.807) is 0 Å². The van der Waals surface area contributed by atoms with Gasteiger partial charge in [-0.25, -0.2) is 0 Å². The van der Waals surface area contributed by atoms with Crippen molar-refractivity contribution in [1.82, 2.24) is 10.2 Å². The van der Waals surface area contributed by atoms with Crippen molar-refractivity contribution in [2.75, 3.05) is 19.6 Å². The fourth-order valence-electron chi connectivity index (χ4n) is 3.45. The van der Waals surface area contributed by atoms with E-state index in [1.165, 1.54) is 64.0 Å². The highest BCUT2D eigenvalue weighted by atomic mass is 127. The number of hydrogen-bond acceptors (Lipinski definition) is 1. The summed E-state index contributed by atoms with van der Waals surface area (Å²) < 4.78 is 0. The second kappa shape index (κ2) is 5.97. The average Bonchev–Trinajstić information content (AvgIpc) is 2.90. The molecule has 1 spiro atoms. The largest absolute Gasteiger partial charge is 0.354 e. The third-order valence-corrected chi connectivity index (χ3v) is 4.62. The fourth-order valence-corrected chi connectivity index (χ4v) is 3.45. The minimum atomic E-state index is 0. The van der Waals surface area contributed by atoms with E-state index in [0.717, 1.165) is 12.6 Å². The van der Waals surface area contributed by atoms with Gasteiger partial charge in [0.25, 0.3) is 0 Å². The number of aliphatic imine (C=N–C) groups is 1. The van der Waals surface area contributed by atoms with Gasteiger partial charge in [0.2, 0.25) is 0 Å². The molecule has 0 aromatic heterocycles. The highest BCUT2D eigenvalue weighted by Crippen LogP contribution is 2.45. The Morgan fingerprint density at radius 3 is 2.61 bits per heavy atom. The zero-order valence-corrected chi connectivity index (χ0v) is 13.8. The number of nitrogens with one attached hydrogen (secondary N) is 1. The number of rotatable bonds is 2. The molecule has 1 heterocycles. The minimum Gasteiger partial charge on any atom is -0.354 e. The molecular formula is C14H26IN3. The molecule has 3 rings (SSSR count). The Labute approximate surface area is 128 Å². The van der Waals surface area contributed by atoms with Crippen molar-refractivity contribution in [3.05, 3.63) is 0 Å². The molecule has 0 radical (unpaired) electrons. The summed E-state index contributed by atoms with van der Waals surface area (Å²) >= 11 is 0. The van der Waals surface area contributed by atoms with Crippen LogP contribution in [0.2, 0.25) is 0 Å². The predicted octanol–water partition coefficient (Wildman–Crippen LogP) is 3.00. The van der Waals surface area contributed by atoms with Crippen LogP contribution in [-0.4, -0.2) is 36.5 Å². The zero-order chi connectivity index (χ0) is 11.7. The maximum absolute atomic E-state index is 4.67. The van der Waals surface area contributed by atoms with Gasteiger partial charge in [0.05, 0.1) is 0 Å². The van der Waals surface area contributed by atoms with Crippen LogP contribution in [0.4, 0.5) is 0 Å². The Kier molecular flexibility index (Phi) is 4.78. The summed E-state index contributed by atoms with van der Waals surface area (Å²) in [5.74, 6) is 1.19. The molecule has 0 aromatic rings. The molecule has 1 N–H and O–H groups in total. The fraction of sp³-hybridized carbons (Fsp3) is 0.929. The summed E-state index contributed by atoms with van der Waals surface area (Å²) in [6.07, 6.45) is 9.86. The zero-order valence-electron chi connectivity index (χ0n) is 11.5. The summed E-state index contributed by atoms with van der Waals surface area (Å²) in [5, 5.41) is 3.62. The molecule has 4 heteroatoms. The molecular weight excluding hydrogens is 337 g/mol. The average molecular weight is 363 g/mol. The maximum atomic E-state index is 4.67. The van der Waals surface area contributed by atoms with Gasteiger partial charge in [-0.3, -0.25) is 4.99 Å². The SMILES string of the molecule is CCN=C(NC1CC1)N1CCC2(CCCC2)C1.I. The summed E-state index contributed by atoms with van der Waals surface area (Å²) in [6.45, 7) is 5.51. The highest BCUT2D eigenvalue weighted by Gasteiger charge is 2.41. The number of hydrogen-bond donors (Lipinski definition) is 1. The first-order valence-electron chi connectivity index (χ1n) is 7.37. The number of halogens is 1. The molecule has 1 saturated heterocycles. The van der Waals surface area contributed by atoms with Crippen molar-refractivity contribution in [3.63, 3.8) is 0 Å². The predicted molar refractivity (Wildman–Crippen MR) is 86.6 cm³/mol. The van der Waals surface area contributed by atoms with Crippen molar-refractivity contribution in [2.24, 2.45) is 10.4 Å². The van der Waals surface area contributed by atoms with Crippen LogP contribution in [0, 0.1) is 5.41 Å². The molecule has 0 amide bonds. The van der Waals surface area contributed by atoms with Gasteiger partial charge in [-0.15, -0.1) is 24.0 Å². The summed E-state index contributed by atoms with van der Waals surface area (Å²) in [7, 11) is 0. The van der Waals surface area contributed by atoms with Gasteiger partial charge < -0.3 is 10.2 Å². The molecule has 0 bridgehead atoms. The standard InChI is InChI=1S/C14H25N3.HI/c1-2-15-13(16-12-5-6-12)17-10-9-14(11-17)7-3-4-8-14;/h12H,2-11H2,1H3,(H,15,16);1H. The smallest absolute Gasteiger partial charge is 0.194 e. The monoisotopic (exact) mass is 363 g/mol. The molecule has 18 heavy (non-hydrogen) atoms. The third kappa shape index (κ3) is 3.11. The van der Waals surface area contributed by atoms with Crippen molar-refractivity contribution >= 4 is 29.9 Å². The molecule has 104 valence electrons. The first-order valence-corrected chi connectivity index (χ1v) is 7.37. The van der Waals surface area contributed by atoms with E-state index in [2.05, 4.69) is 22.1 Å². The van der Waals surface area contributed by atoms with E-state index in [-0.39, 0.29) is 24.0 Å². The van der Waals surface area contributed by atoms with E-state index in [4.69, 9.17) is 0 Å². The van der Waals surface area contributed by atoms with Crippen LogP contribution in [0.15, 0.2) is 4.99 Å². The van der Waals surface area contributed by atoms with Crippen molar-refractivity contribution in [3.8, 4) is 0 Å². The first-order chi connectivity index (χ1) is 8.31. The lowest BCUT2D eigenvalue weighted by Crippen LogP contribution is -2.42. The molecule has 3 fully saturated rings. The summed E-state index contributed by atoms with van der Waals surface area (Å²) in [5.41, 5.74) is 0.653. The summed E-state index contributed by atoms with van der Waals surface area (Å²) in [4.78, 5) is 7.19. The van der Waals surface area contributed by atoms with Gasteiger partial charge in [-0.1, -0.05) is 12.8 Å². The number of nitrogens with zero attached hydrogens (tertiary/aromatic N) is 2. The van der Waals surface area contributed by atoms with E-state index < -0.39 is 0 Å². The Morgan fingerprint density at radius 1 is 1.28 bits per heavy atom. The van der Waals surface area contributed by atoms with Gasteiger partial charge >= 0.3 is 0 Å². The van der Waals surface area contributed by atoms with Gasteiger partial charge in [-0.05, 0) is 44.4 Å². The third-order valence-electron chi connectivity index (χ3n) is 4.62. The van der Waals surface area contributed by atoms with Crippen molar-refractivity contribution in [1.29, 1.82) is 0 Å². The molecule has 1 aliphatic heterocycles. The van der Waals surface area contributed by atoms with Crippen molar-refractivity contribution < 1.29 is 0 Å². The van der Waals surface area contributed by atoms with Crippen LogP contribution >= 0.6 is 24.0 Å². The summed E-state index contributed by atoms with van der Waals surface area (Å²) in [6, 6.07) is 0.723. The quantitative estimate of drug-likeness (QED) is 0.464. The van der Waals surface area contributed by atoms with Crippen LogP contribution in [0.5, 0.6) is 0 Å². The lowest BCUT2D eigenvalue weighted by molar-refractivity contribution is 0.309. The molecule has 2 saturated carbocycles. The molecule has 3 nitrogen and oxygen atoms in total. The van der Waals surface area contributed by atoms with Crippen LogP contribution in [0.1, 0.15) is 51.9 Å². The van der Waals surface area contributed by atoms with E-state index >= 15 is 0 Å². The van der Waals surface area contributed by atoms with Crippen LogP contribution in [-0.2, 0) is 0 Å². The van der Waals surface area contributed by atoms with Crippen LogP contribution < -0.4 is 5.32 Å². The van der Waals surface area contributed by atoms with Gasteiger partial charge in [0.15, 0.2) is 5.96 Å². The van der Waals surface area contributed by atoms with E-state index in [1.807, 2.05) is 0 Å². The Hall–Kier alpha value is 0. The lowest BCUT2D eigenvalue weighted by atomic mass is 9.86. The van der Waals surface area contributed by atoms with E-state index in [9.17, 15) is 0 Å². The Morgan fingerprint density at radius 2 is 2.00 bits per heavy atom. The Balaban J connectivity index is 0.00000120. The highest BCUT2D eigenvalue weighted by molar-refractivity contribution is 14.0. The number of guanidine groups is 1. The lowest BCUT2D eigenvalue weighted by Gasteiger charge is -2.26. The first kappa shape index (κ1) is 14.4. The topological polar surface area (TPSA) is 27.6 Å². The van der Waals surface area contributed by atoms with Crippen LogP contribution in [0.3, 0.4) is 0 Å². The molecule has 0 unspecified atom stereocenters. The normalized spacial score (nSPS) is 26.5. The molecule has 3 aliphatic rings. The molecule has 0 aromatic carbocycles.